The smallest absolute Gasteiger partial charge is 0.268 e. The molecule has 10 heteroatoms. The van der Waals surface area contributed by atoms with E-state index in [0.29, 0.717) is 5.39 Å². The van der Waals surface area contributed by atoms with Crippen molar-refractivity contribution >= 4 is 27.5 Å². The Bertz CT molecular complexity index is 818. The number of hydrogen-bond donors (Lipinski definition) is 5. The van der Waals surface area contributed by atoms with Gasteiger partial charge in [0.25, 0.3) is 5.56 Å². The van der Waals surface area contributed by atoms with Gasteiger partial charge >= 0.3 is 0 Å². The second-order valence-corrected chi connectivity index (χ2v) is 6.81. The number of rotatable bonds is 4. The predicted molar refractivity (Wildman–Crippen MR) is 88.0 cm³/mol. The fourth-order valence-corrected chi connectivity index (χ4v) is 3.67. The third-order valence-electron chi connectivity index (χ3n) is 4.04. The number of aromatic nitrogens is 1. The van der Waals surface area contributed by atoms with Gasteiger partial charge in [0.2, 0.25) is 5.91 Å². The predicted octanol–water partition coefficient (Wildman–Crippen LogP) is -2.02. The highest BCUT2D eigenvalue weighted by atomic mass is 32.1. The lowest BCUT2D eigenvalue weighted by atomic mass is 9.98. The van der Waals surface area contributed by atoms with Gasteiger partial charge in [-0.25, -0.2) is 0 Å². The third kappa shape index (κ3) is 3.45. The molecule has 1 saturated heterocycles. The molecule has 1 aromatic heterocycles. The van der Waals surface area contributed by atoms with Gasteiger partial charge in [0.05, 0.1) is 16.7 Å². The Morgan fingerprint density at radius 2 is 1.92 bits per heavy atom. The normalized spacial score (nSPS) is 29.7. The summed E-state index contributed by atoms with van der Waals surface area (Å²) in [6.45, 7) is -0.875. The summed E-state index contributed by atoms with van der Waals surface area (Å²) in [4.78, 5) is 24.4. The Morgan fingerprint density at radius 1 is 1.20 bits per heavy atom. The van der Waals surface area contributed by atoms with Crippen LogP contribution >= 0.6 is 11.5 Å². The van der Waals surface area contributed by atoms with Crippen LogP contribution in [0.2, 0.25) is 0 Å². The molecule has 2 heterocycles. The summed E-state index contributed by atoms with van der Waals surface area (Å²) >= 11 is 1.13. The minimum absolute atomic E-state index is 0.285. The molecule has 0 bridgehead atoms. The molecule has 0 aliphatic carbocycles. The molecule has 0 spiro atoms. The number of benzene rings is 1. The van der Waals surface area contributed by atoms with E-state index in [-0.39, 0.29) is 12.1 Å². The van der Waals surface area contributed by atoms with E-state index in [1.54, 1.807) is 24.3 Å². The van der Waals surface area contributed by atoms with Gasteiger partial charge in [0.15, 0.2) is 6.23 Å². The molecule has 25 heavy (non-hydrogen) atoms. The second kappa shape index (κ2) is 7.20. The van der Waals surface area contributed by atoms with Crippen molar-refractivity contribution in [3.8, 4) is 0 Å². The van der Waals surface area contributed by atoms with Gasteiger partial charge in [-0.1, -0.05) is 23.7 Å². The van der Waals surface area contributed by atoms with Crippen molar-refractivity contribution in [2.45, 2.75) is 37.2 Å². The number of fused-ring (bicyclic) bond motifs is 1. The maximum Gasteiger partial charge on any atom is 0.268 e. The van der Waals surface area contributed by atoms with E-state index in [1.807, 2.05) is 0 Å². The van der Waals surface area contributed by atoms with E-state index in [4.69, 9.17) is 9.84 Å². The Kier molecular flexibility index (Phi) is 5.18. The Hall–Kier alpha value is -1.82. The van der Waals surface area contributed by atoms with Crippen molar-refractivity contribution < 1.29 is 30.0 Å². The second-order valence-electron chi connectivity index (χ2n) is 5.75. The third-order valence-corrected chi connectivity index (χ3v) is 5.10. The van der Waals surface area contributed by atoms with Crippen LogP contribution in [0.4, 0.5) is 0 Å². The van der Waals surface area contributed by atoms with Crippen LogP contribution in [0.1, 0.15) is 0 Å². The van der Waals surface area contributed by atoms with Crippen LogP contribution in [0.25, 0.3) is 10.1 Å². The topological polar surface area (TPSA) is 141 Å². The van der Waals surface area contributed by atoms with Crippen molar-refractivity contribution in [1.82, 2.24) is 9.27 Å². The van der Waals surface area contributed by atoms with Crippen molar-refractivity contribution in [2.75, 3.05) is 6.61 Å². The van der Waals surface area contributed by atoms with Gasteiger partial charge < -0.3 is 30.5 Å². The van der Waals surface area contributed by atoms with Crippen molar-refractivity contribution in [1.29, 1.82) is 0 Å². The first-order chi connectivity index (χ1) is 11.9. The van der Waals surface area contributed by atoms with Gasteiger partial charge in [-0.05, 0) is 12.1 Å². The molecular weight excluding hydrogens is 352 g/mol. The summed E-state index contributed by atoms with van der Waals surface area (Å²) < 4.78 is 7.21. The molecule has 1 fully saturated rings. The summed E-state index contributed by atoms with van der Waals surface area (Å²) in [5.41, 5.74) is -0.301. The SMILES string of the molecule is O=C(Cn1sc2ccccc2c1=O)NC1OC(CO)C(O)C(O)C1O. The number of carbonyl (C=O) groups is 1. The van der Waals surface area contributed by atoms with Crippen LogP contribution in [0.15, 0.2) is 29.1 Å². The van der Waals surface area contributed by atoms with Gasteiger partial charge in [-0.2, -0.15) is 0 Å². The number of amides is 1. The van der Waals surface area contributed by atoms with Crippen LogP contribution in [-0.4, -0.2) is 67.5 Å². The lowest BCUT2D eigenvalue weighted by molar-refractivity contribution is -0.236. The van der Waals surface area contributed by atoms with Crippen molar-refractivity contribution in [3.63, 3.8) is 0 Å². The number of nitrogens with zero attached hydrogens (tertiary/aromatic N) is 1. The zero-order chi connectivity index (χ0) is 18.1. The molecule has 5 atom stereocenters. The van der Waals surface area contributed by atoms with E-state index in [2.05, 4.69) is 5.32 Å². The molecule has 136 valence electrons. The highest BCUT2D eigenvalue weighted by Crippen LogP contribution is 2.20. The van der Waals surface area contributed by atoms with E-state index >= 15 is 0 Å². The average molecular weight is 370 g/mol. The summed E-state index contributed by atoms with van der Waals surface area (Å²) in [5, 5.41) is 41.3. The highest BCUT2D eigenvalue weighted by molar-refractivity contribution is 7.13. The van der Waals surface area contributed by atoms with E-state index in [1.165, 1.54) is 3.96 Å². The van der Waals surface area contributed by atoms with Gasteiger partial charge in [0, 0.05) is 0 Å². The monoisotopic (exact) mass is 370 g/mol. The molecule has 5 unspecified atom stereocenters. The molecule has 5 N–H and O–H groups in total. The number of aliphatic hydroxyl groups excluding tert-OH is 4. The van der Waals surface area contributed by atoms with E-state index in [9.17, 15) is 24.9 Å². The summed E-state index contributed by atoms with van der Waals surface area (Å²) in [5.74, 6) is -0.613. The lowest BCUT2D eigenvalue weighted by Crippen LogP contribution is -2.63. The summed E-state index contributed by atoms with van der Waals surface area (Å²) in [6, 6.07) is 6.96. The average Bonchev–Trinajstić information content (AvgIpc) is 2.91. The van der Waals surface area contributed by atoms with Gasteiger partial charge in [0.1, 0.15) is 31.0 Å². The number of carbonyl (C=O) groups excluding carboxylic acids is 1. The fourth-order valence-electron chi connectivity index (χ4n) is 2.68. The molecule has 1 aliphatic rings. The standard InChI is InChI=1S/C15H18N2O7S/c18-6-8-11(20)12(21)13(22)14(24-8)16-10(19)5-17-15(23)7-3-1-2-4-9(7)25-17/h1-4,8,11-14,18,20-22H,5-6H2,(H,16,19). The van der Waals surface area contributed by atoms with E-state index in [0.717, 1.165) is 16.2 Å². The maximum atomic E-state index is 12.2. The summed E-state index contributed by atoms with van der Waals surface area (Å²) in [6.07, 6.45) is -7.08. The maximum absolute atomic E-state index is 12.2. The van der Waals surface area contributed by atoms with Gasteiger partial charge in [-0.3, -0.25) is 13.5 Å². The van der Waals surface area contributed by atoms with E-state index < -0.39 is 43.2 Å². The minimum Gasteiger partial charge on any atom is -0.394 e. The Labute approximate surface area is 145 Å². The largest absolute Gasteiger partial charge is 0.394 e. The molecule has 1 aromatic carbocycles. The first-order valence-electron chi connectivity index (χ1n) is 7.61. The van der Waals surface area contributed by atoms with Crippen LogP contribution in [0.3, 0.4) is 0 Å². The lowest BCUT2D eigenvalue weighted by Gasteiger charge is -2.40. The van der Waals surface area contributed by atoms with Crippen molar-refractivity contribution in [2.24, 2.45) is 0 Å². The molecular formula is C15H18N2O7S. The fraction of sp³-hybridized carbons (Fsp3) is 0.467. The van der Waals surface area contributed by atoms with Crippen LogP contribution in [0, 0.1) is 0 Å². The zero-order valence-corrected chi connectivity index (χ0v) is 13.8. The van der Waals surface area contributed by atoms with Crippen LogP contribution in [0.5, 0.6) is 0 Å². The summed E-state index contributed by atoms with van der Waals surface area (Å²) in [7, 11) is 0. The zero-order valence-electron chi connectivity index (χ0n) is 13.0. The minimum atomic E-state index is -1.58. The molecule has 2 aromatic rings. The first-order valence-corrected chi connectivity index (χ1v) is 8.38. The Balaban J connectivity index is 1.71. The molecule has 1 aliphatic heterocycles. The first kappa shape index (κ1) is 18.0. The quantitative estimate of drug-likeness (QED) is 0.418. The number of hydrogen-bond acceptors (Lipinski definition) is 8. The Morgan fingerprint density at radius 3 is 2.60 bits per heavy atom. The van der Waals surface area contributed by atoms with Crippen LogP contribution < -0.4 is 10.9 Å². The molecule has 3 rings (SSSR count). The molecule has 0 saturated carbocycles. The van der Waals surface area contributed by atoms with Crippen LogP contribution in [-0.2, 0) is 16.1 Å². The van der Waals surface area contributed by atoms with Gasteiger partial charge in [-0.15, -0.1) is 0 Å². The molecule has 1 amide bonds. The number of nitrogens with one attached hydrogen (secondary N) is 1. The highest BCUT2D eigenvalue weighted by Gasteiger charge is 2.43. The molecule has 0 radical (unpaired) electrons. The number of aliphatic hydroxyl groups is 4. The molecule has 9 nitrogen and oxygen atoms in total. The van der Waals surface area contributed by atoms with Crippen molar-refractivity contribution in [3.05, 3.63) is 34.6 Å². The number of ether oxygens (including phenoxy) is 1.